The smallest absolute Gasteiger partial charge is 0.283 e. The van der Waals surface area contributed by atoms with Crippen LogP contribution in [-0.4, -0.2) is 31.6 Å². The number of thioether (sulfide) groups is 1. The van der Waals surface area contributed by atoms with Crippen LogP contribution in [0.3, 0.4) is 0 Å². The molecule has 0 spiro atoms. The van der Waals surface area contributed by atoms with Crippen LogP contribution in [0.25, 0.3) is 0 Å². The second-order valence-corrected chi connectivity index (χ2v) is 10.2. The van der Waals surface area contributed by atoms with E-state index in [0.717, 1.165) is 16.7 Å². The Morgan fingerprint density at radius 1 is 0.881 bits per heavy atom. The molecular formula is C31H22FN3O6S. The van der Waals surface area contributed by atoms with Crippen molar-refractivity contribution in [3.63, 3.8) is 0 Å². The maximum atomic E-state index is 13.6. The van der Waals surface area contributed by atoms with Crippen molar-refractivity contribution in [2.45, 2.75) is 4.90 Å². The van der Waals surface area contributed by atoms with Gasteiger partial charge in [0, 0.05) is 21.8 Å². The second-order valence-electron chi connectivity index (χ2n) is 9.13. The van der Waals surface area contributed by atoms with Crippen LogP contribution in [-0.2, 0) is 9.59 Å². The summed E-state index contributed by atoms with van der Waals surface area (Å²) in [5.74, 6) is -0.304. The quantitative estimate of drug-likeness (QED) is 0.251. The third kappa shape index (κ3) is 5.37. The van der Waals surface area contributed by atoms with Crippen molar-refractivity contribution in [2.24, 2.45) is 0 Å². The SMILES string of the molecule is COc1ccc(NC2=C(Sc3cccc(NC(=O)c4ccc5c(c4)OCO5)c3)C(=O)N(c3ccc(F)cc3)C2=O)cc1. The molecule has 0 saturated heterocycles. The summed E-state index contributed by atoms with van der Waals surface area (Å²) in [6, 6.07) is 23.8. The van der Waals surface area contributed by atoms with Crippen molar-refractivity contribution in [3.05, 3.63) is 113 Å². The van der Waals surface area contributed by atoms with E-state index in [-0.39, 0.29) is 29.0 Å². The van der Waals surface area contributed by atoms with Crippen LogP contribution in [0.15, 0.2) is 106 Å². The van der Waals surface area contributed by atoms with Crippen molar-refractivity contribution >= 4 is 46.5 Å². The van der Waals surface area contributed by atoms with Gasteiger partial charge in [0.25, 0.3) is 17.7 Å². The second kappa shape index (κ2) is 11.3. The van der Waals surface area contributed by atoms with E-state index >= 15 is 0 Å². The van der Waals surface area contributed by atoms with Crippen LogP contribution in [0.4, 0.5) is 21.5 Å². The molecule has 0 aliphatic carbocycles. The van der Waals surface area contributed by atoms with Gasteiger partial charge in [0.2, 0.25) is 6.79 Å². The third-order valence-electron chi connectivity index (χ3n) is 6.43. The molecule has 3 amide bonds. The molecule has 2 N–H and O–H groups in total. The number of imide groups is 1. The van der Waals surface area contributed by atoms with Crippen LogP contribution < -0.4 is 29.7 Å². The fourth-order valence-corrected chi connectivity index (χ4v) is 5.34. The van der Waals surface area contributed by atoms with Gasteiger partial charge < -0.3 is 24.8 Å². The van der Waals surface area contributed by atoms with Gasteiger partial charge in [-0.25, -0.2) is 9.29 Å². The van der Waals surface area contributed by atoms with Gasteiger partial charge in [0.15, 0.2) is 11.5 Å². The fraction of sp³-hybridized carbons (Fsp3) is 0.0645. The first-order valence-corrected chi connectivity index (χ1v) is 13.5. The van der Waals surface area contributed by atoms with Gasteiger partial charge in [-0.05, 0) is 84.9 Å². The standard InChI is InChI=1S/C31H22FN3O6S/c1-39-23-12-8-20(9-13-23)33-27-28(31(38)35(30(27)37)22-10-6-19(32)7-11-22)42-24-4-2-3-21(16-24)34-29(36)18-5-14-25-26(15-18)41-17-40-25/h2-16,33H,17H2,1H3,(H,34,36). The maximum absolute atomic E-state index is 13.6. The van der Waals surface area contributed by atoms with Gasteiger partial charge >= 0.3 is 0 Å². The lowest BCUT2D eigenvalue weighted by molar-refractivity contribution is -0.120. The highest BCUT2D eigenvalue weighted by atomic mass is 32.2. The molecule has 11 heteroatoms. The molecule has 4 aromatic rings. The highest BCUT2D eigenvalue weighted by Crippen LogP contribution is 2.39. The van der Waals surface area contributed by atoms with Crippen molar-refractivity contribution in [1.82, 2.24) is 0 Å². The number of nitrogens with zero attached hydrogens (tertiary/aromatic N) is 1. The van der Waals surface area contributed by atoms with Crippen LogP contribution >= 0.6 is 11.8 Å². The molecule has 2 aliphatic rings. The Bertz CT molecular complexity index is 1740. The molecule has 0 bridgehead atoms. The number of carbonyl (C=O) groups is 3. The predicted molar refractivity (Wildman–Crippen MR) is 155 cm³/mol. The topological polar surface area (TPSA) is 106 Å². The zero-order valence-electron chi connectivity index (χ0n) is 22.1. The molecule has 0 unspecified atom stereocenters. The Morgan fingerprint density at radius 2 is 1.64 bits per heavy atom. The van der Waals surface area contributed by atoms with Crippen LogP contribution in [0.5, 0.6) is 17.2 Å². The molecule has 0 fully saturated rings. The highest BCUT2D eigenvalue weighted by Gasteiger charge is 2.40. The first-order valence-electron chi connectivity index (χ1n) is 12.7. The Hall–Kier alpha value is -5.29. The molecule has 42 heavy (non-hydrogen) atoms. The number of hydrogen-bond donors (Lipinski definition) is 2. The summed E-state index contributed by atoms with van der Waals surface area (Å²) in [7, 11) is 1.55. The van der Waals surface area contributed by atoms with Crippen molar-refractivity contribution in [2.75, 3.05) is 29.4 Å². The Balaban J connectivity index is 1.28. The molecule has 0 atom stereocenters. The number of methoxy groups -OCH3 is 1. The molecule has 0 radical (unpaired) electrons. The number of ether oxygens (including phenoxy) is 3. The number of fused-ring (bicyclic) bond motifs is 1. The summed E-state index contributed by atoms with van der Waals surface area (Å²) in [6.45, 7) is 0.102. The minimum absolute atomic E-state index is 0.0642. The lowest BCUT2D eigenvalue weighted by Crippen LogP contribution is -2.32. The molecule has 2 heterocycles. The van der Waals surface area contributed by atoms with E-state index in [0.29, 0.717) is 39.1 Å². The number of benzene rings is 4. The van der Waals surface area contributed by atoms with E-state index in [2.05, 4.69) is 10.6 Å². The molecule has 9 nitrogen and oxygen atoms in total. The highest BCUT2D eigenvalue weighted by molar-refractivity contribution is 8.04. The van der Waals surface area contributed by atoms with Crippen molar-refractivity contribution in [1.29, 1.82) is 0 Å². The Labute approximate surface area is 243 Å². The van der Waals surface area contributed by atoms with E-state index in [1.807, 2.05) is 0 Å². The van der Waals surface area contributed by atoms with Gasteiger partial charge in [-0.15, -0.1) is 0 Å². The summed E-state index contributed by atoms with van der Waals surface area (Å²) in [5.41, 5.74) is 1.74. The number of carbonyl (C=O) groups excluding carboxylic acids is 3. The average Bonchev–Trinajstić information content (AvgIpc) is 3.56. The monoisotopic (exact) mass is 583 g/mol. The van der Waals surface area contributed by atoms with Gasteiger partial charge in [0.05, 0.1) is 12.8 Å². The van der Waals surface area contributed by atoms with Crippen LogP contribution in [0.1, 0.15) is 10.4 Å². The van der Waals surface area contributed by atoms with Crippen molar-refractivity contribution < 1.29 is 33.0 Å². The van der Waals surface area contributed by atoms with E-state index in [1.165, 1.54) is 24.3 Å². The van der Waals surface area contributed by atoms with Crippen molar-refractivity contribution in [3.8, 4) is 17.2 Å². The van der Waals surface area contributed by atoms with Gasteiger partial charge in [-0.3, -0.25) is 14.4 Å². The largest absolute Gasteiger partial charge is 0.497 e. The predicted octanol–water partition coefficient (Wildman–Crippen LogP) is 5.80. The normalized spacial score (nSPS) is 13.9. The lowest BCUT2D eigenvalue weighted by Gasteiger charge is -2.15. The average molecular weight is 584 g/mol. The van der Waals surface area contributed by atoms with E-state index in [1.54, 1.807) is 73.8 Å². The fourth-order valence-electron chi connectivity index (χ4n) is 4.35. The summed E-state index contributed by atoms with van der Waals surface area (Å²) in [4.78, 5) is 41.8. The number of halogens is 1. The van der Waals surface area contributed by atoms with E-state index < -0.39 is 17.6 Å². The van der Waals surface area contributed by atoms with Gasteiger partial charge in [-0.1, -0.05) is 17.8 Å². The minimum Gasteiger partial charge on any atom is -0.497 e. The minimum atomic E-state index is -0.586. The van der Waals surface area contributed by atoms with E-state index in [9.17, 15) is 18.8 Å². The number of hydrogen-bond acceptors (Lipinski definition) is 8. The molecular weight excluding hydrogens is 561 g/mol. The van der Waals surface area contributed by atoms with Crippen LogP contribution in [0.2, 0.25) is 0 Å². The summed E-state index contributed by atoms with van der Waals surface area (Å²) >= 11 is 1.07. The zero-order chi connectivity index (χ0) is 29.2. The van der Waals surface area contributed by atoms with Gasteiger partial charge in [0.1, 0.15) is 22.2 Å². The zero-order valence-corrected chi connectivity index (χ0v) is 22.9. The molecule has 4 aromatic carbocycles. The Kier molecular flexibility index (Phi) is 7.24. The summed E-state index contributed by atoms with van der Waals surface area (Å²) in [5, 5.41) is 5.91. The number of amides is 3. The first-order chi connectivity index (χ1) is 20.4. The number of rotatable bonds is 8. The number of anilines is 3. The van der Waals surface area contributed by atoms with Crippen LogP contribution in [0, 0.1) is 5.82 Å². The first kappa shape index (κ1) is 26.9. The molecule has 6 rings (SSSR count). The number of nitrogens with one attached hydrogen (secondary N) is 2. The molecule has 0 aromatic heterocycles. The van der Waals surface area contributed by atoms with Gasteiger partial charge in [-0.2, -0.15) is 0 Å². The summed E-state index contributed by atoms with van der Waals surface area (Å²) in [6.07, 6.45) is 0. The molecule has 210 valence electrons. The summed E-state index contributed by atoms with van der Waals surface area (Å²) < 4.78 is 29.4. The maximum Gasteiger partial charge on any atom is 0.283 e. The Morgan fingerprint density at radius 3 is 2.40 bits per heavy atom. The molecule has 0 saturated carbocycles. The van der Waals surface area contributed by atoms with E-state index in [4.69, 9.17) is 14.2 Å². The lowest BCUT2D eigenvalue weighted by atomic mass is 10.2. The molecule has 2 aliphatic heterocycles. The third-order valence-corrected chi connectivity index (χ3v) is 7.50.